The Morgan fingerprint density at radius 1 is 1.27 bits per heavy atom. The Balaban J connectivity index is 2.31. The van der Waals surface area contributed by atoms with E-state index in [-0.39, 0.29) is 17.2 Å². The Kier molecular flexibility index (Phi) is 7.91. The molecule has 0 aliphatic carbocycles. The molecule has 0 spiro atoms. The predicted molar refractivity (Wildman–Crippen MR) is 105 cm³/mol. The first-order valence-corrected chi connectivity index (χ1v) is 8.99. The fraction of sp³-hybridized carbons (Fsp3) is 0.263. The third kappa shape index (κ3) is 5.73. The van der Waals surface area contributed by atoms with E-state index < -0.39 is 0 Å². The van der Waals surface area contributed by atoms with Crippen molar-refractivity contribution >= 4 is 40.9 Å². The van der Waals surface area contributed by atoms with Crippen molar-refractivity contribution in [2.45, 2.75) is 13.3 Å². The lowest BCUT2D eigenvalue weighted by atomic mass is 10.1. The van der Waals surface area contributed by atoms with E-state index in [1.54, 1.807) is 36.4 Å². The highest BCUT2D eigenvalue weighted by Gasteiger charge is 2.13. The lowest BCUT2D eigenvalue weighted by Crippen LogP contribution is -2.31. The summed E-state index contributed by atoms with van der Waals surface area (Å²) in [6.45, 7) is 3.54. The highest BCUT2D eigenvalue weighted by Crippen LogP contribution is 2.24. The fourth-order valence-corrected chi connectivity index (χ4v) is 2.71. The summed E-state index contributed by atoms with van der Waals surface area (Å²) >= 11 is 12.1. The first-order chi connectivity index (χ1) is 12.5. The number of benzene rings is 1. The number of amides is 1. The molecule has 7 heteroatoms. The monoisotopic (exact) mass is 394 g/mol. The third-order valence-corrected chi connectivity index (χ3v) is 4.09. The number of hydrogen-bond acceptors (Lipinski definition) is 3. The maximum Gasteiger partial charge on any atom is 0.268 e. The number of carbonyl (C=O) groups is 1. The molecule has 26 heavy (non-hydrogen) atoms. The van der Waals surface area contributed by atoms with E-state index in [0.29, 0.717) is 41.8 Å². The summed E-state index contributed by atoms with van der Waals surface area (Å²) in [5, 5.41) is 3.69. The van der Waals surface area contributed by atoms with Gasteiger partial charge in [0, 0.05) is 42.1 Å². The first kappa shape index (κ1) is 20.2. The molecule has 0 saturated heterocycles. The zero-order valence-electron chi connectivity index (χ0n) is 14.4. The van der Waals surface area contributed by atoms with Gasteiger partial charge in [-0.1, -0.05) is 35.3 Å². The van der Waals surface area contributed by atoms with Gasteiger partial charge < -0.3 is 10.1 Å². The quantitative estimate of drug-likeness (QED) is 0.548. The highest BCUT2D eigenvalue weighted by molar-refractivity contribution is 6.36. The molecular formula is C19H20Cl2N2O3. The summed E-state index contributed by atoms with van der Waals surface area (Å²) in [4.78, 5) is 24.8. The van der Waals surface area contributed by atoms with E-state index >= 15 is 0 Å². The van der Waals surface area contributed by atoms with Gasteiger partial charge in [-0.05, 0) is 43.2 Å². The molecular weight excluding hydrogens is 375 g/mol. The third-order valence-electron chi connectivity index (χ3n) is 3.52. The van der Waals surface area contributed by atoms with Crippen LogP contribution in [0.25, 0.3) is 11.8 Å². The van der Waals surface area contributed by atoms with Gasteiger partial charge >= 0.3 is 0 Å². The van der Waals surface area contributed by atoms with E-state index in [0.717, 1.165) is 0 Å². The molecule has 0 bridgehead atoms. The number of nitrogens with one attached hydrogen (secondary N) is 1. The maximum atomic E-state index is 12.7. The minimum Gasteiger partial charge on any atom is -0.382 e. The van der Waals surface area contributed by atoms with Crippen molar-refractivity contribution < 1.29 is 9.53 Å². The number of aromatic nitrogens is 1. The average Bonchev–Trinajstić information content (AvgIpc) is 2.61. The predicted octanol–water partition coefficient (Wildman–Crippen LogP) is 3.70. The van der Waals surface area contributed by atoms with Crippen LogP contribution in [0.1, 0.15) is 18.9 Å². The van der Waals surface area contributed by atoms with Gasteiger partial charge in [-0.15, -0.1) is 0 Å². The van der Waals surface area contributed by atoms with Crippen LogP contribution in [0.5, 0.6) is 0 Å². The van der Waals surface area contributed by atoms with Crippen molar-refractivity contribution in [2.24, 2.45) is 0 Å². The van der Waals surface area contributed by atoms with Gasteiger partial charge in [-0.3, -0.25) is 14.2 Å². The van der Waals surface area contributed by atoms with Gasteiger partial charge in [0.2, 0.25) is 0 Å². The molecule has 138 valence electrons. The second-order valence-electron chi connectivity index (χ2n) is 5.41. The van der Waals surface area contributed by atoms with Crippen LogP contribution in [0.15, 0.2) is 47.4 Å². The van der Waals surface area contributed by atoms with Crippen LogP contribution in [0.4, 0.5) is 0 Å². The Bertz CT molecular complexity index is 847. The minimum absolute atomic E-state index is 0.177. The van der Waals surface area contributed by atoms with Crippen molar-refractivity contribution in [1.82, 2.24) is 9.88 Å². The zero-order chi connectivity index (χ0) is 18.9. The smallest absolute Gasteiger partial charge is 0.268 e. The van der Waals surface area contributed by atoms with Crippen LogP contribution in [-0.4, -0.2) is 30.2 Å². The summed E-state index contributed by atoms with van der Waals surface area (Å²) in [5.74, 6) is -0.374. The van der Waals surface area contributed by atoms with Gasteiger partial charge in [0.25, 0.3) is 11.5 Å². The number of rotatable bonds is 8. The van der Waals surface area contributed by atoms with Crippen molar-refractivity contribution in [3.63, 3.8) is 0 Å². The lowest BCUT2D eigenvalue weighted by Gasteiger charge is -2.12. The van der Waals surface area contributed by atoms with Crippen LogP contribution in [0, 0.1) is 0 Å². The normalized spacial score (nSPS) is 11.4. The molecule has 1 aromatic carbocycles. The molecule has 0 atom stereocenters. The number of hydrogen-bond donors (Lipinski definition) is 1. The number of ether oxygens (including phenoxy) is 1. The molecule has 0 aliphatic rings. The molecule has 1 amide bonds. The molecule has 0 aliphatic heterocycles. The molecule has 5 nitrogen and oxygen atoms in total. The molecule has 0 saturated carbocycles. The summed E-state index contributed by atoms with van der Waals surface area (Å²) in [5.41, 5.74) is 0.454. The molecule has 0 radical (unpaired) electrons. The first-order valence-electron chi connectivity index (χ1n) is 8.23. The van der Waals surface area contributed by atoms with Crippen LogP contribution < -0.4 is 10.9 Å². The topological polar surface area (TPSA) is 60.3 Å². The molecule has 1 aromatic heterocycles. The van der Waals surface area contributed by atoms with Crippen molar-refractivity contribution in [1.29, 1.82) is 0 Å². The SMILES string of the molecule is CCOCCCNC(=O)C(=Cc1ccc(Cl)cc1Cl)n1ccccc1=O. The van der Waals surface area contributed by atoms with E-state index in [2.05, 4.69) is 5.32 Å². The molecule has 1 N–H and O–H groups in total. The van der Waals surface area contributed by atoms with E-state index in [9.17, 15) is 9.59 Å². The van der Waals surface area contributed by atoms with Crippen LogP contribution in [-0.2, 0) is 9.53 Å². The van der Waals surface area contributed by atoms with Gasteiger partial charge in [0.05, 0.1) is 0 Å². The maximum absolute atomic E-state index is 12.7. The number of pyridine rings is 1. The summed E-state index contributed by atoms with van der Waals surface area (Å²) in [6.07, 6.45) is 3.79. The Labute approximate surface area is 162 Å². The average molecular weight is 395 g/mol. The summed E-state index contributed by atoms with van der Waals surface area (Å²) in [6, 6.07) is 9.64. The fourth-order valence-electron chi connectivity index (χ4n) is 2.25. The molecule has 0 fully saturated rings. The van der Waals surface area contributed by atoms with E-state index in [1.807, 2.05) is 6.92 Å². The standard InChI is InChI=1S/C19H20Cl2N2O3/c1-2-26-11-5-9-22-19(25)17(23-10-4-3-6-18(23)24)12-14-7-8-15(20)13-16(14)21/h3-4,6-8,10,12-13H,2,5,9,11H2,1H3,(H,22,25). The second-order valence-corrected chi connectivity index (χ2v) is 6.25. The van der Waals surface area contributed by atoms with Crippen molar-refractivity contribution in [3.8, 4) is 0 Å². The van der Waals surface area contributed by atoms with E-state index in [1.165, 1.54) is 16.8 Å². The van der Waals surface area contributed by atoms with Gasteiger partial charge in [-0.25, -0.2) is 0 Å². The van der Waals surface area contributed by atoms with E-state index in [4.69, 9.17) is 27.9 Å². The Morgan fingerprint density at radius 2 is 2.08 bits per heavy atom. The lowest BCUT2D eigenvalue weighted by molar-refractivity contribution is -0.116. The molecule has 1 heterocycles. The summed E-state index contributed by atoms with van der Waals surface area (Å²) in [7, 11) is 0. The molecule has 0 unspecified atom stereocenters. The Morgan fingerprint density at radius 3 is 2.77 bits per heavy atom. The van der Waals surface area contributed by atoms with Crippen molar-refractivity contribution in [2.75, 3.05) is 19.8 Å². The van der Waals surface area contributed by atoms with Crippen LogP contribution in [0.2, 0.25) is 10.0 Å². The Hall–Kier alpha value is -2.08. The largest absolute Gasteiger partial charge is 0.382 e. The summed E-state index contributed by atoms with van der Waals surface area (Å²) < 4.78 is 6.53. The minimum atomic E-state index is -0.374. The molecule has 2 aromatic rings. The second kappa shape index (κ2) is 10.2. The van der Waals surface area contributed by atoms with Crippen LogP contribution in [0.3, 0.4) is 0 Å². The van der Waals surface area contributed by atoms with Gasteiger partial charge in [0.1, 0.15) is 5.70 Å². The molecule has 2 rings (SSSR count). The number of carbonyl (C=O) groups excluding carboxylic acids is 1. The van der Waals surface area contributed by atoms with Crippen molar-refractivity contribution in [3.05, 3.63) is 68.6 Å². The van der Waals surface area contributed by atoms with Gasteiger partial charge in [-0.2, -0.15) is 0 Å². The zero-order valence-corrected chi connectivity index (χ0v) is 15.9. The van der Waals surface area contributed by atoms with Gasteiger partial charge in [0.15, 0.2) is 0 Å². The highest BCUT2D eigenvalue weighted by atomic mass is 35.5. The number of halogens is 2. The van der Waals surface area contributed by atoms with Crippen LogP contribution >= 0.6 is 23.2 Å². The number of nitrogens with zero attached hydrogens (tertiary/aromatic N) is 1.